The highest BCUT2D eigenvalue weighted by atomic mass is 32.2. The lowest BCUT2D eigenvalue weighted by molar-refractivity contribution is 0.459. The Labute approximate surface area is 88.4 Å². The molecule has 0 heterocycles. The Kier molecular flexibility index (Phi) is 2.52. The number of hydrogen-bond donors (Lipinski definition) is 1. The molecule has 0 spiro atoms. The van der Waals surface area contributed by atoms with Crippen LogP contribution in [-0.2, 0) is 10.0 Å². The van der Waals surface area contributed by atoms with Crippen molar-refractivity contribution in [2.75, 3.05) is 0 Å². The van der Waals surface area contributed by atoms with E-state index in [9.17, 15) is 12.8 Å². The summed E-state index contributed by atoms with van der Waals surface area (Å²) in [6, 6.07) is 5.94. The van der Waals surface area contributed by atoms with Crippen LogP contribution in [0.1, 0.15) is 12.0 Å². The first kappa shape index (κ1) is 10.6. The lowest BCUT2D eigenvalue weighted by Crippen LogP contribution is -2.27. The quantitative estimate of drug-likeness (QED) is 0.851. The summed E-state index contributed by atoms with van der Waals surface area (Å²) in [4.78, 5) is 0.187. The van der Waals surface area contributed by atoms with Crippen LogP contribution in [0.2, 0.25) is 0 Å². The molecule has 0 bridgehead atoms. The van der Waals surface area contributed by atoms with Crippen LogP contribution in [0, 0.1) is 6.92 Å². The molecule has 0 aromatic heterocycles. The number of nitrogens with one attached hydrogen (secondary N) is 1. The van der Waals surface area contributed by atoms with E-state index in [0.717, 1.165) is 5.56 Å². The fourth-order valence-corrected chi connectivity index (χ4v) is 2.54. The number of alkyl halides is 1. The first-order chi connectivity index (χ1) is 6.99. The zero-order valence-corrected chi connectivity index (χ0v) is 9.09. The second kappa shape index (κ2) is 3.57. The molecule has 1 N–H and O–H groups in total. The number of rotatable bonds is 3. The third-order valence-electron chi connectivity index (χ3n) is 2.35. The van der Waals surface area contributed by atoms with Gasteiger partial charge in [0, 0.05) is 0 Å². The van der Waals surface area contributed by atoms with E-state index in [1.807, 2.05) is 6.92 Å². The summed E-state index contributed by atoms with van der Waals surface area (Å²) in [5.41, 5.74) is 0.990. The molecule has 0 aliphatic heterocycles. The van der Waals surface area contributed by atoms with Crippen LogP contribution >= 0.6 is 0 Å². The molecule has 82 valence electrons. The van der Waals surface area contributed by atoms with Crippen molar-refractivity contribution < 1.29 is 12.8 Å². The van der Waals surface area contributed by atoms with Crippen molar-refractivity contribution in [3.8, 4) is 0 Å². The van der Waals surface area contributed by atoms with Gasteiger partial charge in [-0.1, -0.05) is 17.7 Å². The Morgan fingerprint density at radius 1 is 1.33 bits per heavy atom. The van der Waals surface area contributed by atoms with E-state index in [1.54, 1.807) is 12.1 Å². The van der Waals surface area contributed by atoms with Crippen molar-refractivity contribution in [1.29, 1.82) is 0 Å². The predicted octanol–water partition coefficient (Wildman–Crippen LogP) is 1.38. The van der Waals surface area contributed by atoms with Crippen molar-refractivity contribution in [2.45, 2.75) is 30.5 Å². The molecule has 1 aromatic carbocycles. The lowest BCUT2D eigenvalue weighted by Gasteiger charge is -2.05. The van der Waals surface area contributed by atoms with Gasteiger partial charge in [-0.25, -0.2) is 17.5 Å². The van der Waals surface area contributed by atoms with Gasteiger partial charge in [0.2, 0.25) is 10.0 Å². The molecule has 3 nitrogen and oxygen atoms in total. The standard InChI is InChI=1S/C10H12FNO2S/c1-7-2-4-8(5-3-7)15(13,14)12-10-6-9(10)11/h2-5,9-10,12H,6H2,1H3/t9-,10-/m1/s1. The topological polar surface area (TPSA) is 46.2 Å². The van der Waals surface area contributed by atoms with E-state index < -0.39 is 22.2 Å². The summed E-state index contributed by atoms with van der Waals surface area (Å²) >= 11 is 0. The molecule has 2 atom stereocenters. The van der Waals surface area contributed by atoms with E-state index >= 15 is 0 Å². The van der Waals surface area contributed by atoms with Crippen molar-refractivity contribution in [2.24, 2.45) is 0 Å². The van der Waals surface area contributed by atoms with Crippen molar-refractivity contribution in [3.05, 3.63) is 29.8 Å². The van der Waals surface area contributed by atoms with Gasteiger partial charge in [-0.05, 0) is 25.5 Å². The van der Waals surface area contributed by atoms with Crippen LogP contribution in [-0.4, -0.2) is 20.6 Å². The van der Waals surface area contributed by atoms with Crippen LogP contribution in [0.25, 0.3) is 0 Å². The maximum absolute atomic E-state index is 12.6. The van der Waals surface area contributed by atoms with Crippen LogP contribution in [0.5, 0.6) is 0 Å². The zero-order chi connectivity index (χ0) is 11.1. The summed E-state index contributed by atoms with van der Waals surface area (Å²) in [5.74, 6) is 0. The Hall–Kier alpha value is -0.940. The fraction of sp³-hybridized carbons (Fsp3) is 0.400. The minimum Gasteiger partial charge on any atom is -0.246 e. The monoisotopic (exact) mass is 229 g/mol. The summed E-state index contributed by atoms with van der Waals surface area (Å²) in [6.45, 7) is 1.88. The van der Waals surface area contributed by atoms with E-state index in [1.165, 1.54) is 12.1 Å². The van der Waals surface area contributed by atoms with Gasteiger partial charge in [0.1, 0.15) is 6.17 Å². The molecule has 0 amide bonds. The average molecular weight is 229 g/mol. The van der Waals surface area contributed by atoms with Gasteiger partial charge in [0.05, 0.1) is 10.9 Å². The van der Waals surface area contributed by atoms with Crippen molar-refractivity contribution >= 4 is 10.0 Å². The molecule has 0 radical (unpaired) electrons. The summed E-state index contributed by atoms with van der Waals surface area (Å²) in [5, 5.41) is 0. The molecule has 1 fully saturated rings. The lowest BCUT2D eigenvalue weighted by atomic mass is 10.2. The van der Waals surface area contributed by atoms with Gasteiger partial charge < -0.3 is 0 Å². The Morgan fingerprint density at radius 3 is 2.33 bits per heavy atom. The maximum Gasteiger partial charge on any atom is 0.240 e. The molecule has 0 unspecified atom stereocenters. The summed E-state index contributed by atoms with van der Waals surface area (Å²) in [6.07, 6.45) is -0.740. The van der Waals surface area contributed by atoms with Gasteiger partial charge >= 0.3 is 0 Å². The van der Waals surface area contributed by atoms with Crippen LogP contribution in [0.4, 0.5) is 4.39 Å². The normalized spacial score (nSPS) is 25.2. The summed E-state index contributed by atoms with van der Waals surface area (Å²) < 4.78 is 38.2. The number of sulfonamides is 1. The third kappa shape index (κ3) is 2.35. The highest BCUT2D eigenvalue weighted by molar-refractivity contribution is 7.89. The number of halogens is 1. The molecular weight excluding hydrogens is 217 g/mol. The highest BCUT2D eigenvalue weighted by Gasteiger charge is 2.40. The molecule has 5 heteroatoms. The Morgan fingerprint density at radius 2 is 1.87 bits per heavy atom. The maximum atomic E-state index is 12.6. The second-order valence-corrected chi connectivity index (χ2v) is 5.51. The van der Waals surface area contributed by atoms with Crippen LogP contribution in [0.15, 0.2) is 29.2 Å². The second-order valence-electron chi connectivity index (χ2n) is 3.79. The van der Waals surface area contributed by atoms with Crippen molar-refractivity contribution in [1.82, 2.24) is 4.72 Å². The van der Waals surface area contributed by atoms with Gasteiger partial charge in [0.15, 0.2) is 0 Å². The van der Waals surface area contributed by atoms with E-state index in [4.69, 9.17) is 0 Å². The zero-order valence-electron chi connectivity index (χ0n) is 8.27. The minimum atomic E-state index is -3.54. The largest absolute Gasteiger partial charge is 0.246 e. The van der Waals surface area contributed by atoms with Crippen LogP contribution < -0.4 is 4.72 Å². The SMILES string of the molecule is Cc1ccc(S(=O)(=O)N[C@@H]2C[C@H]2F)cc1. The number of aryl methyl sites for hydroxylation is 1. The van der Waals surface area contributed by atoms with Gasteiger partial charge in [0.25, 0.3) is 0 Å². The molecule has 1 aromatic rings. The molecule has 0 saturated heterocycles. The first-order valence-corrected chi connectivity index (χ1v) is 6.20. The predicted molar refractivity (Wildman–Crippen MR) is 54.8 cm³/mol. The van der Waals surface area contributed by atoms with E-state index in [-0.39, 0.29) is 11.3 Å². The molecular formula is C10H12FNO2S. The average Bonchev–Trinajstić information content (AvgIpc) is 2.81. The summed E-state index contributed by atoms with van der Waals surface area (Å²) in [7, 11) is -3.54. The number of hydrogen-bond acceptors (Lipinski definition) is 2. The van der Waals surface area contributed by atoms with Crippen LogP contribution in [0.3, 0.4) is 0 Å². The third-order valence-corrected chi connectivity index (χ3v) is 3.86. The highest BCUT2D eigenvalue weighted by Crippen LogP contribution is 2.26. The minimum absolute atomic E-state index is 0.187. The van der Waals surface area contributed by atoms with E-state index in [2.05, 4.69) is 4.72 Å². The molecule has 1 saturated carbocycles. The first-order valence-electron chi connectivity index (χ1n) is 4.72. The Bertz CT molecular complexity index is 455. The molecule has 15 heavy (non-hydrogen) atoms. The fourth-order valence-electron chi connectivity index (χ4n) is 1.27. The van der Waals surface area contributed by atoms with Crippen molar-refractivity contribution in [3.63, 3.8) is 0 Å². The van der Waals surface area contributed by atoms with Gasteiger partial charge in [-0.3, -0.25) is 0 Å². The Balaban J connectivity index is 2.18. The van der Waals surface area contributed by atoms with E-state index in [0.29, 0.717) is 0 Å². The van der Waals surface area contributed by atoms with Gasteiger partial charge in [-0.15, -0.1) is 0 Å². The molecule has 1 aliphatic rings. The number of benzene rings is 1. The van der Waals surface area contributed by atoms with Gasteiger partial charge in [-0.2, -0.15) is 0 Å². The molecule has 1 aliphatic carbocycles. The smallest absolute Gasteiger partial charge is 0.240 e. The molecule has 2 rings (SSSR count).